The third kappa shape index (κ3) is 2.86. The van der Waals surface area contributed by atoms with E-state index in [0.717, 1.165) is 24.9 Å². The van der Waals surface area contributed by atoms with Crippen LogP contribution in [0.25, 0.3) is 10.9 Å². The van der Waals surface area contributed by atoms with Crippen molar-refractivity contribution in [2.24, 2.45) is 0 Å². The van der Waals surface area contributed by atoms with Gasteiger partial charge in [0.05, 0.1) is 28.6 Å². The van der Waals surface area contributed by atoms with E-state index < -0.39 is 0 Å². The predicted octanol–water partition coefficient (Wildman–Crippen LogP) is 2.50. The Morgan fingerprint density at radius 1 is 1.42 bits per heavy atom. The molecule has 1 atom stereocenters. The van der Waals surface area contributed by atoms with Crippen molar-refractivity contribution < 1.29 is 0 Å². The SMILES string of the molecule is CCCC(CC)Nc1cc2nc[nH]c(=O)c2cc1N. The average Bonchev–Trinajstić information content (AvgIpc) is 2.40. The van der Waals surface area contributed by atoms with Gasteiger partial charge < -0.3 is 16.0 Å². The van der Waals surface area contributed by atoms with Crippen molar-refractivity contribution in [3.05, 3.63) is 28.8 Å². The van der Waals surface area contributed by atoms with E-state index in [9.17, 15) is 4.79 Å². The molecule has 0 aliphatic heterocycles. The molecule has 0 bridgehead atoms. The number of H-pyrrole nitrogens is 1. The van der Waals surface area contributed by atoms with Gasteiger partial charge in [-0.15, -0.1) is 0 Å². The topological polar surface area (TPSA) is 83.8 Å². The Labute approximate surface area is 112 Å². The number of aromatic nitrogens is 2. The quantitative estimate of drug-likeness (QED) is 0.721. The first-order chi connectivity index (χ1) is 9.15. The number of fused-ring (bicyclic) bond motifs is 1. The highest BCUT2D eigenvalue weighted by atomic mass is 16.1. The normalized spacial score (nSPS) is 12.5. The summed E-state index contributed by atoms with van der Waals surface area (Å²) in [6.07, 6.45) is 4.66. The standard InChI is InChI=1S/C14H20N4O/c1-3-5-9(4-2)18-13-7-12-10(6-11(13)15)14(19)17-8-16-12/h6-9,18H,3-5,15H2,1-2H3,(H,16,17,19). The average molecular weight is 260 g/mol. The molecule has 1 heterocycles. The van der Waals surface area contributed by atoms with E-state index >= 15 is 0 Å². The predicted molar refractivity (Wildman–Crippen MR) is 79.4 cm³/mol. The first-order valence-electron chi connectivity index (χ1n) is 6.69. The number of nitrogens with two attached hydrogens (primary N) is 1. The van der Waals surface area contributed by atoms with Crippen LogP contribution in [0, 0.1) is 0 Å². The number of rotatable bonds is 5. The van der Waals surface area contributed by atoms with Crippen LogP contribution in [-0.4, -0.2) is 16.0 Å². The van der Waals surface area contributed by atoms with Gasteiger partial charge in [-0.2, -0.15) is 0 Å². The lowest BCUT2D eigenvalue weighted by Gasteiger charge is -2.19. The lowest BCUT2D eigenvalue weighted by atomic mass is 10.1. The molecule has 0 amide bonds. The van der Waals surface area contributed by atoms with Crippen molar-refractivity contribution in [2.45, 2.75) is 39.2 Å². The maximum atomic E-state index is 11.7. The summed E-state index contributed by atoms with van der Waals surface area (Å²) in [6.45, 7) is 4.31. The molecule has 0 saturated heterocycles. The molecule has 0 saturated carbocycles. The van der Waals surface area contributed by atoms with Crippen LogP contribution in [0.3, 0.4) is 0 Å². The Morgan fingerprint density at radius 3 is 2.89 bits per heavy atom. The monoisotopic (exact) mass is 260 g/mol. The number of nitrogens with one attached hydrogen (secondary N) is 2. The molecular weight excluding hydrogens is 240 g/mol. The fourth-order valence-electron chi connectivity index (χ4n) is 2.20. The van der Waals surface area contributed by atoms with Crippen molar-refractivity contribution in [1.29, 1.82) is 0 Å². The van der Waals surface area contributed by atoms with Crippen LogP contribution in [0.2, 0.25) is 0 Å². The van der Waals surface area contributed by atoms with E-state index in [2.05, 4.69) is 29.1 Å². The van der Waals surface area contributed by atoms with E-state index in [4.69, 9.17) is 5.73 Å². The van der Waals surface area contributed by atoms with Gasteiger partial charge in [0, 0.05) is 6.04 Å². The van der Waals surface area contributed by atoms with E-state index in [0.29, 0.717) is 22.6 Å². The van der Waals surface area contributed by atoms with Crippen LogP contribution in [0.15, 0.2) is 23.3 Å². The summed E-state index contributed by atoms with van der Waals surface area (Å²) in [5.74, 6) is 0. The van der Waals surface area contributed by atoms with Crippen LogP contribution in [0.5, 0.6) is 0 Å². The van der Waals surface area contributed by atoms with Crippen LogP contribution in [0.1, 0.15) is 33.1 Å². The van der Waals surface area contributed by atoms with Gasteiger partial charge in [-0.1, -0.05) is 20.3 Å². The molecule has 102 valence electrons. The molecule has 0 radical (unpaired) electrons. The second-order valence-electron chi connectivity index (χ2n) is 4.73. The van der Waals surface area contributed by atoms with Gasteiger partial charge in [-0.05, 0) is 25.0 Å². The summed E-state index contributed by atoms with van der Waals surface area (Å²) in [4.78, 5) is 18.4. The third-order valence-electron chi connectivity index (χ3n) is 3.30. The molecule has 0 spiro atoms. The Morgan fingerprint density at radius 2 is 2.21 bits per heavy atom. The van der Waals surface area contributed by atoms with E-state index in [1.165, 1.54) is 6.33 Å². The minimum atomic E-state index is -0.163. The van der Waals surface area contributed by atoms with Crippen molar-refractivity contribution in [1.82, 2.24) is 9.97 Å². The lowest BCUT2D eigenvalue weighted by molar-refractivity contribution is 0.623. The molecule has 1 aromatic heterocycles. The number of benzene rings is 1. The second-order valence-corrected chi connectivity index (χ2v) is 4.73. The van der Waals surface area contributed by atoms with Crippen LogP contribution in [0.4, 0.5) is 11.4 Å². The fourth-order valence-corrected chi connectivity index (χ4v) is 2.20. The van der Waals surface area contributed by atoms with Crippen LogP contribution < -0.4 is 16.6 Å². The number of nitrogens with zero attached hydrogens (tertiary/aromatic N) is 1. The largest absolute Gasteiger partial charge is 0.397 e. The second kappa shape index (κ2) is 5.73. The Balaban J connectivity index is 2.39. The van der Waals surface area contributed by atoms with Crippen molar-refractivity contribution in [3.8, 4) is 0 Å². The first kappa shape index (κ1) is 13.4. The van der Waals surface area contributed by atoms with Crippen LogP contribution in [-0.2, 0) is 0 Å². The highest BCUT2D eigenvalue weighted by Gasteiger charge is 2.10. The molecule has 1 unspecified atom stereocenters. The smallest absolute Gasteiger partial charge is 0.258 e. The Hall–Kier alpha value is -2.04. The zero-order chi connectivity index (χ0) is 13.8. The van der Waals surface area contributed by atoms with E-state index in [1.54, 1.807) is 6.07 Å². The van der Waals surface area contributed by atoms with Crippen LogP contribution >= 0.6 is 0 Å². The molecule has 2 rings (SSSR count). The third-order valence-corrected chi connectivity index (χ3v) is 3.30. The van der Waals surface area contributed by atoms with Gasteiger partial charge in [-0.25, -0.2) is 4.98 Å². The zero-order valence-electron chi connectivity index (χ0n) is 11.4. The molecule has 5 nitrogen and oxygen atoms in total. The molecule has 1 aromatic carbocycles. The van der Waals surface area contributed by atoms with Gasteiger partial charge in [0.15, 0.2) is 0 Å². The van der Waals surface area contributed by atoms with Crippen molar-refractivity contribution >= 4 is 22.3 Å². The van der Waals surface area contributed by atoms with E-state index in [1.807, 2.05) is 6.07 Å². The summed E-state index contributed by atoms with van der Waals surface area (Å²) >= 11 is 0. The number of anilines is 2. The summed E-state index contributed by atoms with van der Waals surface area (Å²) in [7, 11) is 0. The maximum absolute atomic E-state index is 11.7. The molecule has 2 aromatic rings. The van der Waals surface area contributed by atoms with Gasteiger partial charge in [0.25, 0.3) is 5.56 Å². The highest BCUT2D eigenvalue weighted by molar-refractivity contribution is 5.88. The molecule has 19 heavy (non-hydrogen) atoms. The minimum absolute atomic E-state index is 0.163. The molecule has 5 heteroatoms. The summed E-state index contributed by atoms with van der Waals surface area (Å²) in [5, 5.41) is 3.95. The Bertz CT molecular complexity index is 620. The van der Waals surface area contributed by atoms with Gasteiger partial charge in [-0.3, -0.25) is 4.79 Å². The molecule has 4 N–H and O–H groups in total. The Kier molecular flexibility index (Phi) is 4.04. The number of aromatic amines is 1. The maximum Gasteiger partial charge on any atom is 0.258 e. The summed E-state index contributed by atoms with van der Waals surface area (Å²) in [5.41, 5.74) is 7.94. The first-order valence-corrected chi connectivity index (χ1v) is 6.69. The number of hydrogen-bond donors (Lipinski definition) is 3. The number of hydrogen-bond acceptors (Lipinski definition) is 4. The molecular formula is C14H20N4O. The summed E-state index contributed by atoms with van der Waals surface area (Å²) in [6, 6.07) is 3.92. The van der Waals surface area contributed by atoms with Gasteiger partial charge >= 0.3 is 0 Å². The molecule has 0 aliphatic rings. The van der Waals surface area contributed by atoms with Gasteiger partial charge in [0.1, 0.15) is 0 Å². The summed E-state index contributed by atoms with van der Waals surface area (Å²) < 4.78 is 0. The molecule has 0 aliphatic carbocycles. The van der Waals surface area contributed by atoms with E-state index in [-0.39, 0.29) is 5.56 Å². The minimum Gasteiger partial charge on any atom is -0.397 e. The number of nitrogen functional groups attached to an aromatic ring is 1. The fraction of sp³-hybridized carbons (Fsp3) is 0.429. The van der Waals surface area contributed by atoms with Crippen molar-refractivity contribution in [3.63, 3.8) is 0 Å². The van der Waals surface area contributed by atoms with Crippen molar-refractivity contribution in [2.75, 3.05) is 11.1 Å². The van der Waals surface area contributed by atoms with Gasteiger partial charge in [0.2, 0.25) is 0 Å². The highest BCUT2D eigenvalue weighted by Crippen LogP contribution is 2.24. The zero-order valence-corrected chi connectivity index (χ0v) is 11.4. The molecule has 0 fully saturated rings. The lowest BCUT2D eigenvalue weighted by Crippen LogP contribution is -2.19.